The first-order chi connectivity index (χ1) is 15.4. The highest BCUT2D eigenvalue weighted by atomic mass is 32.1. The van der Waals surface area contributed by atoms with Gasteiger partial charge in [0.05, 0.1) is 19.0 Å². The van der Waals surface area contributed by atoms with Crippen molar-refractivity contribution in [3.05, 3.63) is 75.7 Å². The number of carbonyl (C=O) groups excluding carboxylic acids is 2. The van der Waals surface area contributed by atoms with Gasteiger partial charge in [0.25, 0.3) is 5.56 Å². The predicted octanol–water partition coefficient (Wildman–Crippen LogP) is 4.28. The normalized spacial score (nSPS) is 10.8. The number of hydrogen-bond donors (Lipinski definition) is 1. The van der Waals surface area contributed by atoms with E-state index >= 15 is 0 Å². The summed E-state index contributed by atoms with van der Waals surface area (Å²) >= 11 is 1.40. The summed E-state index contributed by atoms with van der Waals surface area (Å²) in [4.78, 5) is 42.6. The third-order valence-electron chi connectivity index (χ3n) is 5.11. The molecule has 4 rings (SSSR count). The van der Waals surface area contributed by atoms with E-state index in [4.69, 9.17) is 4.74 Å². The van der Waals surface area contributed by atoms with Crippen molar-refractivity contribution >= 4 is 38.9 Å². The Morgan fingerprint density at radius 2 is 1.78 bits per heavy atom. The van der Waals surface area contributed by atoms with E-state index in [1.165, 1.54) is 22.8 Å². The van der Waals surface area contributed by atoms with Gasteiger partial charge in [0.1, 0.15) is 16.4 Å². The molecule has 2 aromatic carbocycles. The van der Waals surface area contributed by atoms with Crippen molar-refractivity contribution in [3.63, 3.8) is 0 Å². The molecular formula is C24H21N3O4S. The van der Waals surface area contributed by atoms with Gasteiger partial charge in [-0.25, -0.2) is 4.98 Å². The van der Waals surface area contributed by atoms with Crippen LogP contribution in [-0.4, -0.2) is 28.4 Å². The summed E-state index contributed by atoms with van der Waals surface area (Å²) in [5.41, 5.74) is 2.47. The van der Waals surface area contributed by atoms with E-state index in [1.54, 1.807) is 38.3 Å². The lowest BCUT2D eigenvalue weighted by Gasteiger charge is -2.10. The smallest absolute Gasteiger partial charge is 0.263 e. The minimum atomic E-state index is -0.247. The molecule has 1 amide bonds. The number of methoxy groups -OCH3 is 1. The Hall–Kier alpha value is -3.78. The van der Waals surface area contributed by atoms with Gasteiger partial charge in [0.2, 0.25) is 5.91 Å². The predicted molar refractivity (Wildman–Crippen MR) is 126 cm³/mol. The van der Waals surface area contributed by atoms with Gasteiger partial charge in [-0.2, -0.15) is 0 Å². The summed E-state index contributed by atoms with van der Waals surface area (Å²) in [5.74, 6) is 0.810. The maximum Gasteiger partial charge on any atom is 0.263 e. The van der Waals surface area contributed by atoms with Crippen LogP contribution in [0.1, 0.15) is 23.1 Å². The first-order valence-corrected chi connectivity index (χ1v) is 10.8. The number of rotatable bonds is 6. The average molecular weight is 448 g/mol. The molecule has 8 heteroatoms. The molecule has 7 nitrogen and oxygen atoms in total. The lowest BCUT2D eigenvalue weighted by atomic mass is 10.1. The van der Waals surface area contributed by atoms with Crippen molar-refractivity contribution in [2.45, 2.75) is 20.4 Å². The van der Waals surface area contributed by atoms with Crippen molar-refractivity contribution in [2.24, 2.45) is 0 Å². The fourth-order valence-electron chi connectivity index (χ4n) is 3.47. The molecule has 0 fully saturated rings. The zero-order valence-corrected chi connectivity index (χ0v) is 18.7. The molecule has 0 aliphatic heterocycles. The molecule has 0 atom stereocenters. The first-order valence-electron chi connectivity index (χ1n) is 9.91. The van der Waals surface area contributed by atoms with Crippen molar-refractivity contribution < 1.29 is 14.3 Å². The zero-order chi connectivity index (χ0) is 22.8. The molecule has 0 aliphatic carbocycles. The van der Waals surface area contributed by atoms with Gasteiger partial charge in [0.15, 0.2) is 5.78 Å². The quantitative estimate of drug-likeness (QED) is 0.446. The Kier molecular flexibility index (Phi) is 5.87. The van der Waals surface area contributed by atoms with Gasteiger partial charge in [-0.3, -0.25) is 19.0 Å². The summed E-state index contributed by atoms with van der Waals surface area (Å²) < 4.78 is 6.62. The summed E-state index contributed by atoms with van der Waals surface area (Å²) in [6, 6.07) is 14.1. The highest BCUT2D eigenvalue weighted by molar-refractivity contribution is 7.17. The Balaban J connectivity index is 1.69. The first kappa shape index (κ1) is 21.5. The third kappa shape index (κ3) is 4.17. The van der Waals surface area contributed by atoms with Gasteiger partial charge >= 0.3 is 0 Å². The van der Waals surface area contributed by atoms with Crippen LogP contribution in [0.15, 0.2) is 58.7 Å². The van der Waals surface area contributed by atoms with E-state index in [0.717, 1.165) is 16.9 Å². The number of Topliss-reactive ketones (excluding diaryl/α,β-unsaturated/α-hetero) is 1. The minimum absolute atomic E-state index is 0.120. The number of ether oxygens (including phenoxy) is 1. The maximum absolute atomic E-state index is 13.4. The molecule has 2 heterocycles. The number of fused-ring (bicyclic) bond motifs is 1. The van der Waals surface area contributed by atoms with Gasteiger partial charge in [-0.15, -0.1) is 11.3 Å². The lowest BCUT2D eigenvalue weighted by molar-refractivity contribution is -0.114. The number of ketones is 1. The van der Waals surface area contributed by atoms with E-state index in [1.807, 2.05) is 29.6 Å². The van der Waals surface area contributed by atoms with E-state index in [2.05, 4.69) is 10.3 Å². The standard InChI is InChI=1S/C24H21N3O4S/c1-14-25-23-22(20(13-32-23)16-6-10-19(31-3)11-7-16)24(30)27(14)12-21(29)17-4-8-18(9-5-17)26-15(2)28/h4-11,13H,12H2,1-3H3,(H,26,28). The molecule has 4 aromatic rings. The molecule has 2 aromatic heterocycles. The van der Waals surface area contributed by atoms with Crippen LogP contribution >= 0.6 is 11.3 Å². The molecule has 0 aliphatic rings. The lowest BCUT2D eigenvalue weighted by Crippen LogP contribution is -2.27. The molecular weight excluding hydrogens is 426 g/mol. The van der Waals surface area contributed by atoms with Crippen LogP contribution in [0.4, 0.5) is 5.69 Å². The third-order valence-corrected chi connectivity index (χ3v) is 5.99. The van der Waals surface area contributed by atoms with E-state index in [9.17, 15) is 14.4 Å². The molecule has 0 unspecified atom stereocenters. The number of anilines is 1. The van der Waals surface area contributed by atoms with Crippen LogP contribution in [0.25, 0.3) is 21.3 Å². The number of amides is 1. The van der Waals surface area contributed by atoms with Crippen LogP contribution in [0, 0.1) is 6.92 Å². The Morgan fingerprint density at radius 1 is 1.09 bits per heavy atom. The highest BCUT2D eigenvalue weighted by Crippen LogP contribution is 2.32. The second-order valence-electron chi connectivity index (χ2n) is 7.29. The number of nitrogens with one attached hydrogen (secondary N) is 1. The molecule has 1 N–H and O–H groups in total. The van der Waals surface area contributed by atoms with Crippen LogP contribution in [0.3, 0.4) is 0 Å². The summed E-state index contributed by atoms with van der Waals surface area (Å²) in [6.07, 6.45) is 0. The van der Waals surface area contributed by atoms with Crippen molar-refractivity contribution in [3.8, 4) is 16.9 Å². The monoisotopic (exact) mass is 447 g/mol. The van der Waals surface area contributed by atoms with Crippen LogP contribution in [-0.2, 0) is 11.3 Å². The van der Waals surface area contributed by atoms with Crippen molar-refractivity contribution in [1.82, 2.24) is 9.55 Å². The molecule has 0 saturated heterocycles. The van der Waals surface area contributed by atoms with Gasteiger partial charge in [-0.05, 0) is 48.9 Å². The molecule has 0 bridgehead atoms. The Bertz CT molecular complexity index is 1370. The highest BCUT2D eigenvalue weighted by Gasteiger charge is 2.18. The Labute approximate surface area is 188 Å². The molecule has 0 radical (unpaired) electrons. The van der Waals surface area contributed by atoms with Crippen LogP contribution < -0.4 is 15.6 Å². The van der Waals surface area contributed by atoms with Gasteiger partial charge in [-0.1, -0.05) is 12.1 Å². The van der Waals surface area contributed by atoms with Gasteiger partial charge in [0, 0.05) is 29.1 Å². The maximum atomic E-state index is 13.4. The summed E-state index contributed by atoms with van der Waals surface area (Å²) in [6.45, 7) is 3.02. The average Bonchev–Trinajstić information content (AvgIpc) is 3.20. The number of aryl methyl sites for hydroxylation is 1. The number of benzene rings is 2. The summed E-state index contributed by atoms with van der Waals surface area (Å²) in [5, 5.41) is 5.07. The second kappa shape index (κ2) is 8.76. The van der Waals surface area contributed by atoms with E-state index in [-0.39, 0.29) is 23.8 Å². The number of hydrogen-bond acceptors (Lipinski definition) is 6. The van der Waals surface area contributed by atoms with Gasteiger partial charge < -0.3 is 10.1 Å². The number of carbonyl (C=O) groups is 2. The van der Waals surface area contributed by atoms with Crippen molar-refractivity contribution in [2.75, 3.05) is 12.4 Å². The zero-order valence-electron chi connectivity index (χ0n) is 17.8. The number of aromatic nitrogens is 2. The van der Waals surface area contributed by atoms with E-state index in [0.29, 0.717) is 27.3 Å². The molecule has 32 heavy (non-hydrogen) atoms. The topological polar surface area (TPSA) is 90.3 Å². The fraction of sp³-hybridized carbons (Fsp3) is 0.167. The van der Waals surface area contributed by atoms with Crippen molar-refractivity contribution in [1.29, 1.82) is 0 Å². The number of thiophene rings is 1. The fourth-order valence-corrected chi connectivity index (χ4v) is 4.46. The SMILES string of the molecule is COc1ccc(-c2csc3nc(C)n(CC(=O)c4ccc(NC(C)=O)cc4)c(=O)c23)cc1. The number of nitrogens with zero attached hydrogens (tertiary/aromatic N) is 2. The molecule has 0 spiro atoms. The largest absolute Gasteiger partial charge is 0.497 e. The van der Waals surface area contributed by atoms with E-state index < -0.39 is 0 Å². The second-order valence-corrected chi connectivity index (χ2v) is 8.15. The Morgan fingerprint density at radius 3 is 2.41 bits per heavy atom. The summed E-state index contributed by atoms with van der Waals surface area (Å²) in [7, 11) is 1.60. The molecule has 162 valence electrons. The van der Waals surface area contributed by atoms with Crippen LogP contribution in [0.5, 0.6) is 5.75 Å². The molecule has 0 saturated carbocycles. The minimum Gasteiger partial charge on any atom is -0.497 e. The van der Waals surface area contributed by atoms with Crippen LogP contribution in [0.2, 0.25) is 0 Å².